The van der Waals surface area contributed by atoms with Crippen LogP contribution in [0.2, 0.25) is 0 Å². The molecule has 1 unspecified atom stereocenters. The Kier molecular flexibility index (Phi) is 5.78. The van der Waals surface area contributed by atoms with E-state index in [1.54, 1.807) is 36.4 Å². The second-order valence-corrected chi connectivity index (χ2v) is 7.80. The zero-order chi connectivity index (χ0) is 23.8. The van der Waals surface area contributed by atoms with Crippen molar-refractivity contribution in [2.24, 2.45) is 10.7 Å². The highest BCUT2D eigenvalue weighted by atomic mass is 19.4. The van der Waals surface area contributed by atoms with Gasteiger partial charge in [0.1, 0.15) is 22.9 Å². The summed E-state index contributed by atoms with van der Waals surface area (Å²) in [6, 6.07) is 15.3. The Labute approximate surface area is 188 Å². The third-order valence-electron chi connectivity index (χ3n) is 5.88. The third-order valence-corrected chi connectivity index (χ3v) is 5.88. The molecule has 0 fully saturated rings. The molecule has 0 spiro atoms. The van der Waals surface area contributed by atoms with E-state index < -0.39 is 23.1 Å². The molecule has 8 heteroatoms. The number of methoxy groups -OCH3 is 2. The quantitative estimate of drug-likeness (QED) is 0.483. The summed E-state index contributed by atoms with van der Waals surface area (Å²) >= 11 is 0. The van der Waals surface area contributed by atoms with Gasteiger partial charge in [-0.05, 0) is 59.5 Å². The van der Waals surface area contributed by atoms with Gasteiger partial charge >= 0.3 is 6.18 Å². The number of hydrogen-bond acceptors (Lipinski definition) is 4. The number of halogens is 4. The first-order valence-corrected chi connectivity index (χ1v) is 10.2. The smallest absolute Gasteiger partial charge is 0.419 e. The lowest BCUT2D eigenvalue weighted by Crippen LogP contribution is -2.24. The van der Waals surface area contributed by atoms with E-state index in [0.29, 0.717) is 46.7 Å². The Bertz CT molecular complexity index is 1220. The van der Waals surface area contributed by atoms with Crippen molar-refractivity contribution in [1.82, 2.24) is 0 Å². The average Bonchev–Trinajstić information content (AvgIpc) is 3.21. The zero-order valence-electron chi connectivity index (χ0n) is 18.0. The van der Waals surface area contributed by atoms with E-state index >= 15 is 0 Å². The van der Waals surface area contributed by atoms with Gasteiger partial charge in [-0.1, -0.05) is 24.3 Å². The molecule has 172 valence electrons. The molecule has 2 N–H and O–H groups in total. The van der Waals surface area contributed by atoms with E-state index in [2.05, 4.69) is 4.99 Å². The van der Waals surface area contributed by atoms with Crippen LogP contribution in [0.25, 0.3) is 11.1 Å². The summed E-state index contributed by atoms with van der Waals surface area (Å²) in [6.45, 7) is 0. The molecule has 0 radical (unpaired) electrons. The molecule has 1 heterocycles. The van der Waals surface area contributed by atoms with Crippen molar-refractivity contribution in [3.63, 3.8) is 0 Å². The van der Waals surface area contributed by atoms with E-state index in [1.165, 1.54) is 32.4 Å². The fraction of sp³-hybridized carbons (Fsp3) is 0.240. The maximum atomic E-state index is 14.6. The SMILES string of the molecule is COc1ccc(F)c(-c2cccc(C3(c4ccc(OC)c(C(F)(F)F)c4)CCC(N)=N3)c2)c1. The number of nitrogens with two attached hydrogens (primary N) is 1. The largest absolute Gasteiger partial charge is 0.497 e. The van der Waals surface area contributed by atoms with Gasteiger partial charge in [0, 0.05) is 12.0 Å². The minimum atomic E-state index is -4.61. The molecule has 1 aliphatic rings. The van der Waals surface area contributed by atoms with E-state index in [1.807, 2.05) is 0 Å². The first-order chi connectivity index (χ1) is 15.7. The summed E-state index contributed by atoms with van der Waals surface area (Å²) in [6.07, 6.45) is -3.81. The van der Waals surface area contributed by atoms with Crippen molar-refractivity contribution in [2.45, 2.75) is 24.6 Å². The van der Waals surface area contributed by atoms with Gasteiger partial charge in [-0.15, -0.1) is 0 Å². The van der Waals surface area contributed by atoms with Gasteiger partial charge in [0.2, 0.25) is 0 Å². The number of hydrogen-bond donors (Lipinski definition) is 1. The molecule has 0 bridgehead atoms. The molecule has 4 rings (SSSR count). The number of amidine groups is 1. The second-order valence-electron chi connectivity index (χ2n) is 7.80. The van der Waals surface area contributed by atoms with Crippen LogP contribution in [-0.2, 0) is 11.7 Å². The van der Waals surface area contributed by atoms with Crippen LogP contribution in [0.4, 0.5) is 17.6 Å². The van der Waals surface area contributed by atoms with E-state index in [0.717, 1.165) is 6.07 Å². The lowest BCUT2D eigenvalue weighted by atomic mass is 9.80. The normalized spacial score (nSPS) is 18.2. The van der Waals surface area contributed by atoms with Crippen molar-refractivity contribution in [3.8, 4) is 22.6 Å². The van der Waals surface area contributed by atoms with Crippen molar-refractivity contribution >= 4 is 5.84 Å². The molecule has 0 saturated carbocycles. The van der Waals surface area contributed by atoms with Gasteiger partial charge in [0.05, 0.1) is 25.6 Å². The first kappa shape index (κ1) is 22.6. The van der Waals surface area contributed by atoms with E-state index in [9.17, 15) is 17.6 Å². The van der Waals surface area contributed by atoms with Crippen LogP contribution in [0.1, 0.15) is 29.5 Å². The summed E-state index contributed by atoms with van der Waals surface area (Å²) in [5, 5.41) is 0. The monoisotopic (exact) mass is 458 g/mol. The van der Waals surface area contributed by atoms with Gasteiger partial charge in [-0.25, -0.2) is 4.39 Å². The molecular weight excluding hydrogens is 436 g/mol. The van der Waals surface area contributed by atoms with Gasteiger partial charge in [0.25, 0.3) is 0 Å². The Hall–Kier alpha value is -3.55. The second kappa shape index (κ2) is 8.42. The van der Waals surface area contributed by atoms with Gasteiger partial charge < -0.3 is 15.2 Å². The van der Waals surface area contributed by atoms with Crippen molar-refractivity contribution in [2.75, 3.05) is 14.2 Å². The van der Waals surface area contributed by atoms with Crippen LogP contribution in [0, 0.1) is 5.82 Å². The number of ether oxygens (including phenoxy) is 2. The summed E-state index contributed by atoms with van der Waals surface area (Å²) in [5.41, 5.74) is 5.78. The molecule has 4 nitrogen and oxygen atoms in total. The standard InChI is InChI=1S/C25H22F4N2O2/c1-32-18-7-8-21(26)19(14-18)15-4-3-5-16(12-15)24(11-10-23(30)31-24)17-6-9-22(33-2)20(13-17)25(27,28)29/h3-9,12-14H,10-11H2,1-2H3,(H2,30,31). The minimum Gasteiger partial charge on any atom is -0.497 e. The van der Waals surface area contributed by atoms with Gasteiger partial charge in [0.15, 0.2) is 0 Å². The number of alkyl halides is 3. The molecule has 0 aliphatic carbocycles. The molecule has 3 aromatic carbocycles. The van der Waals surface area contributed by atoms with Crippen LogP contribution in [0.15, 0.2) is 65.7 Å². The number of aliphatic imine (C=N–C) groups is 1. The highest BCUT2D eigenvalue weighted by molar-refractivity contribution is 5.84. The zero-order valence-corrected chi connectivity index (χ0v) is 18.0. The molecule has 0 saturated heterocycles. The lowest BCUT2D eigenvalue weighted by molar-refractivity contribution is -0.138. The molecule has 3 aromatic rings. The van der Waals surface area contributed by atoms with Crippen molar-refractivity contribution < 1.29 is 27.0 Å². The van der Waals surface area contributed by atoms with Crippen LogP contribution in [-0.4, -0.2) is 20.1 Å². The first-order valence-electron chi connectivity index (χ1n) is 10.2. The highest BCUT2D eigenvalue weighted by Crippen LogP contribution is 2.46. The molecule has 1 aliphatic heterocycles. The van der Waals surface area contributed by atoms with Crippen molar-refractivity contribution in [1.29, 1.82) is 0 Å². The molecule has 1 atom stereocenters. The minimum absolute atomic E-state index is 0.274. The Balaban J connectivity index is 1.90. The van der Waals surface area contributed by atoms with E-state index in [4.69, 9.17) is 15.2 Å². The molecule has 33 heavy (non-hydrogen) atoms. The molecule has 0 aromatic heterocycles. The fourth-order valence-corrected chi connectivity index (χ4v) is 4.23. The van der Waals surface area contributed by atoms with E-state index in [-0.39, 0.29) is 5.75 Å². The highest BCUT2D eigenvalue weighted by Gasteiger charge is 2.41. The third kappa shape index (κ3) is 4.13. The average molecular weight is 458 g/mol. The van der Waals surface area contributed by atoms with Crippen LogP contribution >= 0.6 is 0 Å². The summed E-state index contributed by atoms with van der Waals surface area (Å²) in [7, 11) is 2.68. The number of nitrogens with zero attached hydrogens (tertiary/aromatic N) is 1. The summed E-state index contributed by atoms with van der Waals surface area (Å²) in [5.74, 6) is 0.112. The predicted molar refractivity (Wildman–Crippen MR) is 118 cm³/mol. The Morgan fingerprint density at radius 3 is 2.33 bits per heavy atom. The lowest BCUT2D eigenvalue weighted by Gasteiger charge is -2.29. The van der Waals surface area contributed by atoms with Gasteiger partial charge in [-0.2, -0.15) is 13.2 Å². The van der Waals surface area contributed by atoms with Gasteiger partial charge in [-0.3, -0.25) is 4.99 Å². The van der Waals surface area contributed by atoms with Crippen LogP contribution in [0.5, 0.6) is 11.5 Å². The Morgan fingerprint density at radius 2 is 1.70 bits per heavy atom. The molecular formula is C25H22F4N2O2. The summed E-state index contributed by atoms with van der Waals surface area (Å²) in [4.78, 5) is 4.60. The van der Waals surface area contributed by atoms with Crippen LogP contribution in [0.3, 0.4) is 0 Å². The topological polar surface area (TPSA) is 56.8 Å². The number of rotatable bonds is 5. The fourth-order valence-electron chi connectivity index (χ4n) is 4.23. The maximum Gasteiger partial charge on any atom is 0.419 e. The maximum absolute atomic E-state index is 14.6. The molecule has 0 amide bonds. The summed E-state index contributed by atoms with van der Waals surface area (Å²) < 4.78 is 65.9. The Morgan fingerprint density at radius 1 is 0.939 bits per heavy atom. The number of benzene rings is 3. The predicted octanol–water partition coefficient (Wildman–Crippen LogP) is 5.92. The van der Waals surface area contributed by atoms with Crippen LogP contribution < -0.4 is 15.2 Å². The van der Waals surface area contributed by atoms with Crippen molar-refractivity contribution in [3.05, 3.63) is 83.2 Å².